The van der Waals surface area contributed by atoms with Gasteiger partial charge in [-0.1, -0.05) is 0 Å². The van der Waals surface area contributed by atoms with Crippen LogP contribution in [0.1, 0.15) is 13.3 Å². The number of sulfonamides is 1. The van der Waals surface area contributed by atoms with Crippen molar-refractivity contribution in [3.05, 3.63) is 29.6 Å². The van der Waals surface area contributed by atoms with Crippen LogP contribution in [0.4, 0.5) is 13.2 Å². The molecule has 8 heteroatoms. The molecule has 1 aromatic carbocycles. The molecule has 2 rings (SSSR count). The average Bonchev–Trinajstić information content (AvgIpc) is 2.76. The van der Waals surface area contributed by atoms with Gasteiger partial charge in [0.05, 0.1) is 0 Å². The Morgan fingerprint density at radius 3 is 2.30 bits per heavy atom. The van der Waals surface area contributed by atoms with Crippen LogP contribution in [-0.4, -0.2) is 31.9 Å². The summed E-state index contributed by atoms with van der Waals surface area (Å²) in [7, 11) is -4.32. The Morgan fingerprint density at radius 2 is 1.85 bits per heavy atom. The highest BCUT2D eigenvalue weighted by Gasteiger charge is 2.37. The van der Waals surface area contributed by atoms with Gasteiger partial charge in [0.1, 0.15) is 17.5 Å². The molecule has 2 unspecified atom stereocenters. The minimum atomic E-state index is -4.32. The molecule has 2 N–H and O–H groups in total. The number of nitrogens with zero attached hydrogens (tertiary/aromatic N) is 1. The average molecular weight is 308 g/mol. The molecule has 0 aliphatic carbocycles. The smallest absolute Gasteiger partial charge is 0.248 e. The van der Waals surface area contributed by atoms with Gasteiger partial charge < -0.3 is 5.73 Å². The van der Waals surface area contributed by atoms with E-state index in [-0.39, 0.29) is 25.0 Å². The number of halogens is 3. The molecule has 1 heterocycles. The summed E-state index contributed by atoms with van der Waals surface area (Å²) in [6.45, 7) is 2.00. The Kier molecular flexibility index (Phi) is 4.08. The fourth-order valence-electron chi connectivity index (χ4n) is 2.31. The molecule has 4 nitrogen and oxygen atoms in total. The van der Waals surface area contributed by atoms with Gasteiger partial charge in [0.2, 0.25) is 10.0 Å². The predicted octanol–water partition coefficient (Wildman–Crippen LogP) is 1.46. The first-order valence-corrected chi connectivity index (χ1v) is 7.57. The third-order valence-corrected chi connectivity index (χ3v) is 5.41. The van der Waals surface area contributed by atoms with Crippen LogP contribution in [0.5, 0.6) is 0 Å². The van der Waals surface area contributed by atoms with E-state index in [0.717, 1.165) is 4.31 Å². The van der Waals surface area contributed by atoms with Crippen molar-refractivity contribution in [2.24, 2.45) is 11.7 Å². The Labute approximate surface area is 115 Å². The molecule has 2 atom stereocenters. The molecule has 1 aliphatic rings. The molecule has 0 aromatic heterocycles. The molecule has 20 heavy (non-hydrogen) atoms. The highest BCUT2D eigenvalue weighted by atomic mass is 32.2. The molecule has 0 spiro atoms. The Bertz CT molecular complexity index is 596. The lowest BCUT2D eigenvalue weighted by atomic mass is 10.0. The topological polar surface area (TPSA) is 63.4 Å². The van der Waals surface area contributed by atoms with Crippen molar-refractivity contribution in [1.82, 2.24) is 4.31 Å². The van der Waals surface area contributed by atoms with E-state index in [1.165, 1.54) is 0 Å². The minimum Gasteiger partial charge on any atom is -0.328 e. The normalized spacial score (nSPS) is 22.1. The second-order valence-corrected chi connectivity index (χ2v) is 6.84. The molecule has 112 valence electrons. The van der Waals surface area contributed by atoms with Crippen LogP contribution in [0, 0.1) is 23.4 Å². The summed E-state index contributed by atoms with van der Waals surface area (Å²) < 4.78 is 65.5. The van der Waals surface area contributed by atoms with Crippen molar-refractivity contribution in [1.29, 1.82) is 0 Å². The van der Waals surface area contributed by atoms with Crippen molar-refractivity contribution in [2.45, 2.75) is 24.3 Å². The molecule has 0 bridgehead atoms. The van der Waals surface area contributed by atoms with Gasteiger partial charge in [-0.2, -0.15) is 4.31 Å². The third-order valence-electron chi connectivity index (χ3n) is 3.49. The first kappa shape index (κ1) is 15.3. The SMILES string of the molecule is CC(N)C1CCN(S(=O)(=O)c2c(F)cc(F)cc2F)C1. The minimum absolute atomic E-state index is 0.0589. The van der Waals surface area contributed by atoms with Crippen molar-refractivity contribution < 1.29 is 21.6 Å². The lowest BCUT2D eigenvalue weighted by Gasteiger charge is -2.18. The lowest BCUT2D eigenvalue weighted by molar-refractivity contribution is 0.420. The summed E-state index contributed by atoms with van der Waals surface area (Å²) in [5, 5.41) is 0. The summed E-state index contributed by atoms with van der Waals surface area (Å²) >= 11 is 0. The van der Waals surface area contributed by atoms with Crippen LogP contribution in [0.25, 0.3) is 0 Å². The summed E-state index contributed by atoms with van der Waals surface area (Å²) in [6.07, 6.45) is 0.529. The van der Waals surface area contributed by atoms with Gasteiger partial charge in [-0.15, -0.1) is 0 Å². The van der Waals surface area contributed by atoms with Crippen LogP contribution in [0.15, 0.2) is 17.0 Å². The first-order valence-electron chi connectivity index (χ1n) is 6.13. The summed E-state index contributed by atoms with van der Waals surface area (Å²) in [6, 6.07) is 0.502. The Morgan fingerprint density at radius 1 is 1.30 bits per heavy atom. The van der Waals surface area contributed by atoms with E-state index in [1.807, 2.05) is 0 Å². The zero-order valence-corrected chi connectivity index (χ0v) is 11.6. The van der Waals surface area contributed by atoms with Gasteiger partial charge in [-0.05, 0) is 19.3 Å². The van der Waals surface area contributed by atoms with Crippen LogP contribution >= 0.6 is 0 Å². The molecular formula is C12H15F3N2O2S. The van der Waals surface area contributed by atoms with Crippen LogP contribution in [0.2, 0.25) is 0 Å². The van der Waals surface area contributed by atoms with Crippen molar-refractivity contribution in [3.8, 4) is 0 Å². The van der Waals surface area contributed by atoms with E-state index in [9.17, 15) is 21.6 Å². The molecule has 0 saturated carbocycles. The number of rotatable bonds is 3. The van der Waals surface area contributed by atoms with E-state index < -0.39 is 32.4 Å². The standard InChI is InChI=1S/C12H15F3N2O2S/c1-7(16)8-2-3-17(6-8)20(18,19)12-10(14)4-9(13)5-11(12)15/h4-5,7-8H,2-3,6,16H2,1H3. The number of hydrogen-bond acceptors (Lipinski definition) is 3. The Balaban J connectivity index is 2.38. The Hall–Kier alpha value is -1.12. The molecule has 0 amide bonds. The largest absolute Gasteiger partial charge is 0.328 e. The quantitative estimate of drug-likeness (QED) is 0.919. The van der Waals surface area contributed by atoms with Gasteiger partial charge in [0.15, 0.2) is 4.90 Å². The monoisotopic (exact) mass is 308 g/mol. The van der Waals surface area contributed by atoms with Crippen molar-refractivity contribution >= 4 is 10.0 Å². The first-order chi connectivity index (χ1) is 9.23. The van der Waals surface area contributed by atoms with Gasteiger partial charge >= 0.3 is 0 Å². The molecule has 1 aromatic rings. The molecule has 1 saturated heterocycles. The highest BCUT2D eigenvalue weighted by molar-refractivity contribution is 7.89. The van der Waals surface area contributed by atoms with E-state index in [1.54, 1.807) is 6.92 Å². The number of nitrogens with two attached hydrogens (primary N) is 1. The van der Waals surface area contributed by atoms with Crippen LogP contribution < -0.4 is 5.73 Å². The number of benzene rings is 1. The van der Waals surface area contributed by atoms with Crippen molar-refractivity contribution in [2.75, 3.05) is 13.1 Å². The maximum Gasteiger partial charge on any atom is 0.248 e. The summed E-state index contributed by atoms with van der Waals surface area (Å²) in [5.41, 5.74) is 5.70. The van der Waals surface area contributed by atoms with E-state index in [4.69, 9.17) is 5.73 Å². The number of hydrogen-bond donors (Lipinski definition) is 1. The second kappa shape index (κ2) is 5.34. The van der Waals surface area contributed by atoms with Gasteiger partial charge in [0, 0.05) is 31.3 Å². The zero-order valence-electron chi connectivity index (χ0n) is 10.8. The predicted molar refractivity (Wildman–Crippen MR) is 66.8 cm³/mol. The van der Waals surface area contributed by atoms with Crippen molar-refractivity contribution in [3.63, 3.8) is 0 Å². The molecule has 1 fully saturated rings. The van der Waals surface area contributed by atoms with E-state index in [0.29, 0.717) is 18.6 Å². The lowest BCUT2D eigenvalue weighted by Crippen LogP contribution is -2.33. The molecular weight excluding hydrogens is 293 g/mol. The van der Waals surface area contributed by atoms with Gasteiger partial charge in [-0.3, -0.25) is 0 Å². The highest BCUT2D eigenvalue weighted by Crippen LogP contribution is 2.29. The summed E-state index contributed by atoms with van der Waals surface area (Å²) in [4.78, 5) is -1.11. The molecule has 0 radical (unpaired) electrons. The van der Waals surface area contributed by atoms with Crippen LogP contribution in [-0.2, 0) is 10.0 Å². The fourth-order valence-corrected chi connectivity index (χ4v) is 3.91. The van der Waals surface area contributed by atoms with Crippen LogP contribution in [0.3, 0.4) is 0 Å². The maximum absolute atomic E-state index is 13.6. The van der Waals surface area contributed by atoms with E-state index >= 15 is 0 Å². The van der Waals surface area contributed by atoms with Gasteiger partial charge in [-0.25, -0.2) is 21.6 Å². The molecule has 1 aliphatic heterocycles. The van der Waals surface area contributed by atoms with E-state index in [2.05, 4.69) is 0 Å². The summed E-state index contributed by atoms with van der Waals surface area (Å²) in [5.74, 6) is -4.07. The third kappa shape index (κ3) is 2.68. The zero-order chi connectivity index (χ0) is 15.1. The maximum atomic E-state index is 13.6. The second-order valence-electron chi connectivity index (χ2n) is 4.97. The fraction of sp³-hybridized carbons (Fsp3) is 0.500. The van der Waals surface area contributed by atoms with Gasteiger partial charge in [0.25, 0.3) is 0 Å².